The molecule has 8 heteroatoms. The fraction of sp³-hybridized carbons (Fsp3) is 0.391. The van der Waals surface area contributed by atoms with E-state index in [-0.39, 0.29) is 24.9 Å². The molecule has 0 radical (unpaired) electrons. The minimum Gasteiger partial charge on any atom is -0.485 e. The minimum absolute atomic E-state index is 0. The topological polar surface area (TPSA) is 54.9 Å². The molecule has 1 aliphatic rings. The summed E-state index contributed by atoms with van der Waals surface area (Å²) >= 11 is 1.54. The second-order valence-electron chi connectivity index (χ2n) is 7.30. The predicted molar refractivity (Wildman–Crippen MR) is 128 cm³/mol. The Labute approximate surface area is 193 Å². The average Bonchev–Trinajstić information content (AvgIpc) is 3.21. The minimum atomic E-state index is -0.690. The van der Waals surface area contributed by atoms with Crippen LogP contribution in [0.3, 0.4) is 0 Å². The smallest absolute Gasteiger partial charge is 0.273 e. The molecule has 1 atom stereocenters. The lowest BCUT2D eigenvalue weighted by Gasteiger charge is -2.30. The summed E-state index contributed by atoms with van der Waals surface area (Å²) < 4.78 is 12.9. The van der Waals surface area contributed by atoms with Crippen molar-refractivity contribution < 1.29 is 14.3 Å². The number of hydrogen-bond acceptors (Lipinski definition) is 6. The number of aryl methyl sites for hydroxylation is 1. The van der Waals surface area contributed by atoms with Crippen LogP contribution in [-0.2, 0) is 4.79 Å². The Morgan fingerprint density at radius 2 is 1.84 bits per heavy atom. The van der Waals surface area contributed by atoms with Crippen molar-refractivity contribution in [1.82, 2.24) is 9.88 Å². The van der Waals surface area contributed by atoms with Gasteiger partial charge in [0.25, 0.3) is 5.91 Å². The van der Waals surface area contributed by atoms with E-state index in [1.165, 1.54) is 0 Å². The van der Waals surface area contributed by atoms with Gasteiger partial charge in [0.15, 0.2) is 16.6 Å². The summed E-state index contributed by atoms with van der Waals surface area (Å²) in [6.45, 7) is 9.71. The van der Waals surface area contributed by atoms with Crippen molar-refractivity contribution in [1.29, 1.82) is 0 Å². The molecular formula is C23H28ClN3O3S. The maximum absolute atomic E-state index is 13.5. The molecule has 0 aliphatic carbocycles. The highest BCUT2D eigenvalue weighted by Gasteiger charge is 2.33. The van der Waals surface area contributed by atoms with E-state index >= 15 is 0 Å². The quantitative estimate of drug-likeness (QED) is 0.517. The van der Waals surface area contributed by atoms with Gasteiger partial charge in [0.1, 0.15) is 6.61 Å². The number of halogens is 1. The van der Waals surface area contributed by atoms with Gasteiger partial charge in [0.2, 0.25) is 6.10 Å². The number of nitrogens with zero attached hydrogens (tertiary/aromatic N) is 3. The molecule has 1 unspecified atom stereocenters. The number of carbonyl (C=O) groups excluding carboxylic acids is 1. The molecule has 0 bridgehead atoms. The van der Waals surface area contributed by atoms with Crippen LogP contribution in [0.1, 0.15) is 19.4 Å². The summed E-state index contributed by atoms with van der Waals surface area (Å²) in [6, 6.07) is 13.6. The molecule has 31 heavy (non-hydrogen) atoms. The summed E-state index contributed by atoms with van der Waals surface area (Å²) in [4.78, 5) is 22.4. The van der Waals surface area contributed by atoms with Crippen LogP contribution >= 0.6 is 23.7 Å². The van der Waals surface area contributed by atoms with Crippen molar-refractivity contribution in [2.24, 2.45) is 0 Å². The average molecular weight is 462 g/mol. The van der Waals surface area contributed by atoms with Gasteiger partial charge < -0.3 is 14.4 Å². The van der Waals surface area contributed by atoms with Crippen LogP contribution in [0, 0.1) is 6.92 Å². The molecule has 0 N–H and O–H groups in total. The number of likely N-dealkylation sites (N-methyl/N-ethyl adjacent to an activating group) is 1. The number of anilines is 1. The second-order valence-corrected chi connectivity index (χ2v) is 8.31. The lowest BCUT2D eigenvalue weighted by molar-refractivity contribution is -0.127. The summed E-state index contributed by atoms with van der Waals surface area (Å²) in [5.74, 6) is 1.16. The number of ether oxygens (including phenoxy) is 2. The fourth-order valence-corrected chi connectivity index (χ4v) is 4.66. The standard InChI is InChI=1S/C23H27N3O3S.ClH/c1-4-25(5-2)13-14-26(23-24-21-16(3)9-8-12-20(21)30-23)22(27)19-15-28-17-10-6-7-11-18(17)29-19;/h6-12,19H,4-5,13-15H2,1-3H3;1H. The zero-order valence-corrected chi connectivity index (χ0v) is 19.7. The molecule has 2 aromatic carbocycles. The number of rotatable bonds is 7. The largest absolute Gasteiger partial charge is 0.485 e. The lowest BCUT2D eigenvalue weighted by Crippen LogP contribution is -2.48. The van der Waals surface area contributed by atoms with E-state index in [0.29, 0.717) is 23.2 Å². The van der Waals surface area contributed by atoms with Gasteiger partial charge in [-0.3, -0.25) is 9.69 Å². The monoisotopic (exact) mass is 461 g/mol. The Bertz CT molecular complexity index is 1040. The highest BCUT2D eigenvalue weighted by molar-refractivity contribution is 7.22. The van der Waals surface area contributed by atoms with Crippen LogP contribution in [0.5, 0.6) is 11.5 Å². The van der Waals surface area contributed by atoms with Gasteiger partial charge in [-0.25, -0.2) is 4.98 Å². The predicted octanol–water partition coefficient (Wildman–Crippen LogP) is 4.54. The van der Waals surface area contributed by atoms with Gasteiger partial charge in [0, 0.05) is 13.1 Å². The molecule has 3 aromatic rings. The molecule has 166 valence electrons. The molecule has 0 saturated carbocycles. The van der Waals surface area contributed by atoms with Gasteiger partial charge in [-0.1, -0.05) is 49.4 Å². The first-order valence-electron chi connectivity index (χ1n) is 10.4. The van der Waals surface area contributed by atoms with Crippen molar-refractivity contribution in [3.05, 3.63) is 48.0 Å². The summed E-state index contributed by atoms with van der Waals surface area (Å²) in [5.41, 5.74) is 2.06. The molecule has 0 spiro atoms. The third-order valence-electron chi connectivity index (χ3n) is 5.42. The number of thiazole rings is 1. The van der Waals surface area contributed by atoms with Crippen LogP contribution in [0.4, 0.5) is 5.13 Å². The number of aromatic nitrogens is 1. The first-order chi connectivity index (χ1) is 14.6. The van der Waals surface area contributed by atoms with Crippen LogP contribution in [0.25, 0.3) is 10.2 Å². The van der Waals surface area contributed by atoms with Crippen molar-refractivity contribution >= 4 is 45.0 Å². The van der Waals surface area contributed by atoms with Gasteiger partial charge in [-0.05, 0) is 43.8 Å². The van der Waals surface area contributed by atoms with Crippen LogP contribution in [0.2, 0.25) is 0 Å². The lowest BCUT2D eigenvalue weighted by atomic mass is 10.2. The van der Waals surface area contributed by atoms with Crippen molar-refractivity contribution in [3.63, 3.8) is 0 Å². The molecule has 1 amide bonds. The first kappa shape index (κ1) is 23.3. The number of hydrogen-bond donors (Lipinski definition) is 0. The van der Waals surface area contributed by atoms with Crippen molar-refractivity contribution in [2.45, 2.75) is 26.9 Å². The van der Waals surface area contributed by atoms with Gasteiger partial charge in [-0.2, -0.15) is 0 Å². The van der Waals surface area contributed by atoms with Gasteiger partial charge in [-0.15, -0.1) is 12.4 Å². The number of fused-ring (bicyclic) bond motifs is 2. The fourth-order valence-electron chi connectivity index (χ4n) is 3.59. The molecule has 0 saturated heterocycles. The molecule has 1 aromatic heterocycles. The highest BCUT2D eigenvalue weighted by Crippen LogP contribution is 2.34. The Kier molecular flexibility index (Phi) is 7.75. The van der Waals surface area contributed by atoms with E-state index in [0.717, 1.165) is 35.4 Å². The van der Waals surface area contributed by atoms with E-state index in [9.17, 15) is 4.79 Å². The summed E-state index contributed by atoms with van der Waals surface area (Å²) in [5, 5.41) is 0.707. The van der Waals surface area contributed by atoms with Crippen LogP contribution in [-0.4, -0.2) is 54.7 Å². The number of amides is 1. The molecule has 1 aliphatic heterocycles. The van der Waals surface area contributed by atoms with Gasteiger partial charge in [0.05, 0.1) is 10.2 Å². The summed E-state index contributed by atoms with van der Waals surface area (Å²) in [6.07, 6.45) is -0.690. The van der Waals surface area contributed by atoms with Crippen molar-refractivity contribution in [2.75, 3.05) is 37.7 Å². The Balaban J connectivity index is 0.00000272. The molecular weight excluding hydrogens is 434 g/mol. The molecule has 2 heterocycles. The second kappa shape index (κ2) is 10.3. The SMILES string of the molecule is CCN(CC)CCN(C(=O)C1COc2ccccc2O1)c1nc2c(C)cccc2s1.Cl. The van der Waals surface area contributed by atoms with E-state index in [1.807, 2.05) is 49.4 Å². The third kappa shape index (κ3) is 4.95. The first-order valence-corrected chi connectivity index (χ1v) is 11.2. The van der Waals surface area contributed by atoms with Gasteiger partial charge >= 0.3 is 0 Å². The van der Waals surface area contributed by atoms with Crippen molar-refractivity contribution in [3.8, 4) is 11.5 Å². The molecule has 6 nitrogen and oxygen atoms in total. The highest BCUT2D eigenvalue weighted by atomic mass is 35.5. The molecule has 0 fully saturated rings. The normalized spacial score (nSPS) is 15.0. The Morgan fingerprint density at radius 1 is 1.10 bits per heavy atom. The Hall–Kier alpha value is -2.35. The maximum Gasteiger partial charge on any atom is 0.273 e. The number of carbonyl (C=O) groups is 1. The zero-order chi connectivity index (χ0) is 21.1. The number of benzene rings is 2. The van der Waals surface area contributed by atoms with Crippen LogP contribution < -0.4 is 14.4 Å². The van der Waals surface area contributed by atoms with Crippen LogP contribution in [0.15, 0.2) is 42.5 Å². The zero-order valence-electron chi connectivity index (χ0n) is 18.0. The van der Waals surface area contributed by atoms with E-state index in [2.05, 4.69) is 18.7 Å². The van der Waals surface area contributed by atoms with E-state index in [1.54, 1.807) is 16.2 Å². The van der Waals surface area contributed by atoms with E-state index < -0.39 is 6.10 Å². The Morgan fingerprint density at radius 3 is 2.55 bits per heavy atom. The summed E-state index contributed by atoms with van der Waals surface area (Å²) in [7, 11) is 0. The van der Waals surface area contributed by atoms with E-state index in [4.69, 9.17) is 14.5 Å². The third-order valence-corrected chi connectivity index (χ3v) is 6.47. The molecule has 4 rings (SSSR count). The maximum atomic E-state index is 13.5. The number of para-hydroxylation sites is 3.